The van der Waals surface area contributed by atoms with Gasteiger partial charge in [0.1, 0.15) is 0 Å². The number of hydrogen-bond donors (Lipinski definition) is 0. The summed E-state index contributed by atoms with van der Waals surface area (Å²) in [6.07, 6.45) is 0. The maximum atomic E-state index is 9.27. The van der Waals surface area contributed by atoms with Crippen LogP contribution in [0.2, 0.25) is 5.02 Å². The van der Waals surface area contributed by atoms with E-state index in [4.69, 9.17) is 11.6 Å². The first-order chi connectivity index (χ1) is 10.3. The van der Waals surface area contributed by atoms with E-state index in [2.05, 4.69) is 11.1 Å². The molecule has 0 aliphatic rings. The maximum Gasteiger partial charge on any atom is 0.0999 e. The number of halogens is 1. The van der Waals surface area contributed by atoms with Gasteiger partial charge >= 0.3 is 0 Å². The van der Waals surface area contributed by atoms with Crippen molar-refractivity contribution in [1.29, 1.82) is 5.26 Å². The number of nitrogens with zero attached hydrogens (tertiary/aromatic N) is 2. The molecule has 0 fully saturated rings. The molecule has 1 heterocycles. The molecule has 0 aliphatic carbocycles. The van der Waals surface area contributed by atoms with E-state index < -0.39 is 0 Å². The van der Waals surface area contributed by atoms with Crippen LogP contribution in [0, 0.1) is 11.3 Å². The van der Waals surface area contributed by atoms with Crippen LogP contribution < -0.4 is 0 Å². The lowest BCUT2D eigenvalue weighted by Crippen LogP contribution is -1.88. The Kier molecular flexibility index (Phi) is 4.10. The highest BCUT2D eigenvalue weighted by Gasteiger charge is 2.06. The first-order valence-corrected chi connectivity index (χ1v) is 7.80. The second kappa shape index (κ2) is 6.17. The van der Waals surface area contributed by atoms with Crippen LogP contribution in [0.25, 0.3) is 10.9 Å². The molecule has 2 nitrogen and oxygen atoms in total. The molecule has 0 N–H and O–H groups in total. The van der Waals surface area contributed by atoms with Crippen LogP contribution in [0.15, 0.2) is 59.6 Å². The van der Waals surface area contributed by atoms with Crippen molar-refractivity contribution in [3.63, 3.8) is 0 Å². The fourth-order valence-electron chi connectivity index (χ4n) is 2.06. The van der Waals surface area contributed by atoms with Crippen molar-refractivity contribution in [2.24, 2.45) is 0 Å². The van der Waals surface area contributed by atoms with Gasteiger partial charge in [-0.3, -0.25) is 0 Å². The summed E-state index contributed by atoms with van der Waals surface area (Å²) >= 11 is 7.50. The van der Waals surface area contributed by atoms with Gasteiger partial charge in [-0.25, -0.2) is 4.98 Å². The number of rotatable bonds is 3. The first-order valence-electron chi connectivity index (χ1n) is 6.43. The van der Waals surface area contributed by atoms with Gasteiger partial charge in [-0.15, -0.1) is 11.8 Å². The Morgan fingerprint density at radius 1 is 1.10 bits per heavy atom. The van der Waals surface area contributed by atoms with Crippen molar-refractivity contribution in [2.75, 3.05) is 0 Å². The lowest BCUT2D eigenvalue weighted by molar-refractivity contribution is 1.18. The third-order valence-electron chi connectivity index (χ3n) is 3.11. The molecule has 2 aromatic carbocycles. The lowest BCUT2D eigenvalue weighted by atomic mass is 10.1. The van der Waals surface area contributed by atoms with E-state index in [-0.39, 0.29) is 0 Å². The first kappa shape index (κ1) is 13.9. The van der Waals surface area contributed by atoms with Gasteiger partial charge in [-0.1, -0.05) is 41.9 Å². The highest BCUT2D eigenvalue weighted by atomic mass is 35.5. The number of benzene rings is 2. The molecule has 3 aromatic rings. The molecule has 0 radical (unpaired) electrons. The van der Waals surface area contributed by atoms with Gasteiger partial charge in [-0.2, -0.15) is 5.26 Å². The van der Waals surface area contributed by atoms with Crippen LogP contribution in [0.3, 0.4) is 0 Å². The number of nitriles is 1. The van der Waals surface area contributed by atoms with Crippen LogP contribution in [0.1, 0.15) is 11.1 Å². The van der Waals surface area contributed by atoms with E-state index in [0.717, 1.165) is 26.7 Å². The van der Waals surface area contributed by atoms with E-state index >= 15 is 0 Å². The number of pyridine rings is 1. The summed E-state index contributed by atoms with van der Waals surface area (Å²) < 4.78 is 0. The van der Waals surface area contributed by atoms with Crippen molar-refractivity contribution in [3.8, 4) is 6.07 Å². The van der Waals surface area contributed by atoms with Crippen LogP contribution >= 0.6 is 23.4 Å². The molecular formula is C17H11ClN2S. The molecule has 0 saturated carbocycles. The van der Waals surface area contributed by atoms with Gasteiger partial charge in [0.05, 0.1) is 22.2 Å². The number of hydrogen-bond acceptors (Lipinski definition) is 3. The van der Waals surface area contributed by atoms with Gasteiger partial charge in [0.2, 0.25) is 0 Å². The van der Waals surface area contributed by atoms with Gasteiger partial charge in [-0.05, 0) is 29.8 Å². The van der Waals surface area contributed by atoms with E-state index in [9.17, 15) is 5.26 Å². The Hall–Kier alpha value is -2.02. The van der Waals surface area contributed by atoms with Crippen molar-refractivity contribution in [3.05, 3.63) is 70.7 Å². The minimum absolute atomic E-state index is 0.666. The summed E-state index contributed by atoms with van der Waals surface area (Å²) in [5.41, 5.74) is 2.70. The molecule has 0 amide bonds. The van der Waals surface area contributed by atoms with Crippen molar-refractivity contribution in [2.45, 2.75) is 10.8 Å². The number of aromatic nitrogens is 1. The molecule has 4 heteroatoms. The highest BCUT2D eigenvalue weighted by Crippen LogP contribution is 2.26. The van der Waals surface area contributed by atoms with Gasteiger partial charge in [0.15, 0.2) is 0 Å². The largest absolute Gasteiger partial charge is 0.241 e. The van der Waals surface area contributed by atoms with E-state index in [1.807, 2.05) is 54.6 Å². The molecule has 0 atom stereocenters. The zero-order valence-electron chi connectivity index (χ0n) is 11.1. The number of fused-ring (bicyclic) bond motifs is 1. The lowest BCUT2D eigenvalue weighted by Gasteiger charge is -2.05. The molecule has 0 aliphatic heterocycles. The molecule has 1 aromatic heterocycles. The molecule has 102 valence electrons. The Morgan fingerprint density at radius 3 is 2.62 bits per heavy atom. The van der Waals surface area contributed by atoms with E-state index in [1.54, 1.807) is 11.8 Å². The van der Waals surface area contributed by atoms with E-state index in [1.165, 1.54) is 5.56 Å². The molecule has 21 heavy (non-hydrogen) atoms. The minimum Gasteiger partial charge on any atom is -0.241 e. The summed E-state index contributed by atoms with van der Waals surface area (Å²) in [6.45, 7) is 0. The van der Waals surface area contributed by atoms with Crippen molar-refractivity contribution >= 4 is 34.3 Å². The second-order valence-electron chi connectivity index (χ2n) is 4.55. The maximum absolute atomic E-state index is 9.27. The molecule has 0 saturated heterocycles. The molecule has 0 bridgehead atoms. The fraction of sp³-hybridized carbons (Fsp3) is 0.0588. The van der Waals surface area contributed by atoms with Gasteiger partial charge in [0.25, 0.3) is 0 Å². The molecule has 0 unspecified atom stereocenters. The van der Waals surface area contributed by atoms with Gasteiger partial charge in [0, 0.05) is 16.2 Å². The number of thioether (sulfide) groups is 1. The quantitative estimate of drug-likeness (QED) is 0.635. The van der Waals surface area contributed by atoms with Crippen LogP contribution in [-0.2, 0) is 5.75 Å². The van der Waals surface area contributed by atoms with E-state index in [0.29, 0.717) is 5.56 Å². The zero-order valence-corrected chi connectivity index (χ0v) is 12.7. The van der Waals surface area contributed by atoms with Crippen LogP contribution in [0.5, 0.6) is 0 Å². The Balaban J connectivity index is 1.87. The SMILES string of the molecule is N#Cc1cc(SCc2ccc(Cl)cc2)nc2ccccc12. The summed E-state index contributed by atoms with van der Waals surface area (Å²) in [5.74, 6) is 0.799. The Bertz CT molecular complexity index is 822. The van der Waals surface area contributed by atoms with Crippen LogP contribution in [-0.4, -0.2) is 4.98 Å². The summed E-state index contributed by atoms with van der Waals surface area (Å²) in [5, 5.41) is 11.8. The normalized spacial score (nSPS) is 10.5. The topological polar surface area (TPSA) is 36.7 Å². The molecule has 3 rings (SSSR count). The predicted molar refractivity (Wildman–Crippen MR) is 87.5 cm³/mol. The smallest absolute Gasteiger partial charge is 0.0999 e. The monoisotopic (exact) mass is 310 g/mol. The zero-order chi connectivity index (χ0) is 14.7. The standard InChI is InChI=1S/C17H11ClN2S/c18-14-7-5-12(6-8-14)11-21-17-9-13(10-19)15-3-1-2-4-16(15)20-17/h1-9H,11H2. The van der Waals surface area contributed by atoms with Crippen molar-refractivity contribution < 1.29 is 0 Å². The average molecular weight is 311 g/mol. The highest BCUT2D eigenvalue weighted by molar-refractivity contribution is 7.98. The van der Waals surface area contributed by atoms with Gasteiger partial charge < -0.3 is 0 Å². The molecular weight excluding hydrogens is 300 g/mol. The van der Waals surface area contributed by atoms with Crippen LogP contribution in [0.4, 0.5) is 0 Å². The Labute approximate surface area is 132 Å². The average Bonchev–Trinajstić information content (AvgIpc) is 2.53. The fourth-order valence-corrected chi connectivity index (χ4v) is 3.05. The summed E-state index contributed by atoms with van der Waals surface area (Å²) in [6, 6.07) is 19.6. The second-order valence-corrected chi connectivity index (χ2v) is 5.98. The Morgan fingerprint density at radius 2 is 1.86 bits per heavy atom. The summed E-state index contributed by atoms with van der Waals surface area (Å²) in [7, 11) is 0. The van der Waals surface area contributed by atoms with Crippen molar-refractivity contribution in [1.82, 2.24) is 4.98 Å². The summed E-state index contributed by atoms with van der Waals surface area (Å²) in [4.78, 5) is 4.60. The predicted octanol–water partition coefficient (Wildman–Crippen LogP) is 5.05. The number of para-hydroxylation sites is 1. The minimum atomic E-state index is 0.666. The third-order valence-corrected chi connectivity index (χ3v) is 4.35. The third kappa shape index (κ3) is 3.18. The molecule has 0 spiro atoms.